The summed E-state index contributed by atoms with van der Waals surface area (Å²) in [4.78, 5) is 40.9. The van der Waals surface area contributed by atoms with Gasteiger partial charge in [-0.2, -0.15) is 0 Å². The molecule has 4 rings (SSSR count). The summed E-state index contributed by atoms with van der Waals surface area (Å²) in [5.74, 6) is -1.25. The number of amides is 3. The van der Waals surface area contributed by atoms with Crippen LogP contribution in [0.5, 0.6) is 5.75 Å². The second-order valence-corrected chi connectivity index (χ2v) is 8.74. The Balaban J connectivity index is 1.60. The molecule has 0 spiro atoms. The zero-order chi connectivity index (χ0) is 23.5. The molecule has 2 N–H and O–H groups in total. The van der Waals surface area contributed by atoms with E-state index in [-0.39, 0.29) is 35.9 Å². The van der Waals surface area contributed by atoms with Gasteiger partial charge in [-0.15, -0.1) is 0 Å². The first-order valence-electron chi connectivity index (χ1n) is 10.9. The number of piperazine rings is 1. The van der Waals surface area contributed by atoms with E-state index in [4.69, 9.17) is 16.3 Å². The molecule has 0 unspecified atom stereocenters. The number of rotatable bonds is 5. The minimum absolute atomic E-state index is 0.164. The predicted octanol–water partition coefficient (Wildman–Crippen LogP) is 3.77. The van der Waals surface area contributed by atoms with Gasteiger partial charge in [0.2, 0.25) is 11.8 Å². The average Bonchev–Trinajstić information content (AvgIpc) is 2.80. The van der Waals surface area contributed by atoms with Crippen LogP contribution in [0.1, 0.15) is 42.5 Å². The Labute approximate surface area is 196 Å². The molecular formula is C24H25ClFN3O4. The number of nitrogens with one attached hydrogen (secondary N) is 2. The van der Waals surface area contributed by atoms with Crippen molar-refractivity contribution in [2.75, 3.05) is 12.4 Å². The lowest BCUT2D eigenvalue weighted by molar-refractivity contribution is -0.135. The zero-order valence-corrected chi connectivity index (χ0v) is 18.9. The Hall–Kier alpha value is -3.13. The number of hydrogen-bond acceptors (Lipinski definition) is 4. The summed E-state index contributed by atoms with van der Waals surface area (Å²) in [6.45, 7) is 0. The predicted molar refractivity (Wildman–Crippen MR) is 122 cm³/mol. The highest BCUT2D eigenvalue weighted by Gasteiger charge is 2.46. The molecule has 2 aromatic carbocycles. The maximum absolute atomic E-state index is 13.5. The van der Waals surface area contributed by atoms with E-state index >= 15 is 0 Å². The van der Waals surface area contributed by atoms with Crippen molar-refractivity contribution in [3.63, 3.8) is 0 Å². The van der Waals surface area contributed by atoms with Gasteiger partial charge in [-0.05, 0) is 55.3 Å². The van der Waals surface area contributed by atoms with Crippen molar-refractivity contribution in [2.45, 2.75) is 50.2 Å². The van der Waals surface area contributed by atoms with Crippen molar-refractivity contribution >= 4 is 35.0 Å². The van der Waals surface area contributed by atoms with Gasteiger partial charge in [0.15, 0.2) is 0 Å². The summed E-state index contributed by atoms with van der Waals surface area (Å²) in [5.41, 5.74) is 0.649. The number of carbonyl (C=O) groups excluding carboxylic acids is 3. The highest BCUT2D eigenvalue weighted by atomic mass is 35.5. The highest BCUT2D eigenvalue weighted by molar-refractivity contribution is 6.31. The molecule has 2 aromatic rings. The van der Waals surface area contributed by atoms with Crippen LogP contribution in [0, 0.1) is 5.82 Å². The van der Waals surface area contributed by atoms with Gasteiger partial charge in [0, 0.05) is 16.6 Å². The summed E-state index contributed by atoms with van der Waals surface area (Å²) < 4.78 is 18.7. The molecule has 1 aliphatic heterocycles. The second kappa shape index (κ2) is 9.79. The Kier molecular flexibility index (Phi) is 6.83. The van der Waals surface area contributed by atoms with Gasteiger partial charge in [0.25, 0.3) is 5.91 Å². The van der Waals surface area contributed by atoms with Gasteiger partial charge >= 0.3 is 0 Å². The summed E-state index contributed by atoms with van der Waals surface area (Å²) in [6, 6.07) is 8.65. The number of ether oxygens (including phenoxy) is 1. The van der Waals surface area contributed by atoms with Crippen molar-refractivity contribution in [1.29, 1.82) is 0 Å². The summed E-state index contributed by atoms with van der Waals surface area (Å²) in [5, 5.41) is 6.15. The molecular weight excluding hydrogens is 449 g/mol. The van der Waals surface area contributed by atoms with Crippen molar-refractivity contribution in [3.05, 3.63) is 58.9 Å². The molecule has 0 radical (unpaired) electrons. The van der Waals surface area contributed by atoms with Gasteiger partial charge < -0.3 is 20.3 Å². The van der Waals surface area contributed by atoms with Crippen molar-refractivity contribution in [1.82, 2.24) is 10.2 Å². The monoisotopic (exact) mass is 473 g/mol. The number of hydrogen-bond donors (Lipinski definition) is 2. The van der Waals surface area contributed by atoms with Crippen LogP contribution in [-0.4, -0.2) is 47.9 Å². The van der Waals surface area contributed by atoms with Gasteiger partial charge in [-0.25, -0.2) is 4.39 Å². The maximum atomic E-state index is 13.5. The fraction of sp³-hybridized carbons (Fsp3) is 0.375. The van der Waals surface area contributed by atoms with E-state index in [9.17, 15) is 18.8 Å². The standard InChI is InChI=1S/C24H25ClFN3O4/c1-33-21-11-8-15(25)12-18(21)27-22(30)13-20-23(31)28-17-4-2-3-5-19(17)29(20)24(32)14-6-9-16(26)10-7-14/h6-12,17,19-20H,2-5,13H2,1H3,(H,27,30)(H,28,31)/t17-,19-,20-/m1/s1. The SMILES string of the molecule is COc1ccc(Cl)cc1NC(=O)C[C@@H]1C(=O)N[C@@H]2CCCC[C@H]2N1C(=O)c1ccc(F)cc1. The topological polar surface area (TPSA) is 87.7 Å². The quantitative estimate of drug-likeness (QED) is 0.692. The molecule has 1 saturated heterocycles. The van der Waals surface area contributed by atoms with E-state index in [0.717, 1.165) is 25.7 Å². The maximum Gasteiger partial charge on any atom is 0.254 e. The summed E-state index contributed by atoms with van der Waals surface area (Å²) >= 11 is 6.04. The molecule has 1 heterocycles. The molecule has 2 fully saturated rings. The number of anilines is 1. The first-order valence-corrected chi connectivity index (χ1v) is 11.3. The smallest absolute Gasteiger partial charge is 0.254 e. The Morgan fingerprint density at radius 3 is 2.64 bits per heavy atom. The average molecular weight is 474 g/mol. The number of nitrogens with zero attached hydrogens (tertiary/aromatic N) is 1. The Morgan fingerprint density at radius 1 is 1.18 bits per heavy atom. The van der Waals surface area contributed by atoms with Crippen LogP contribution in [0.4, 0.5) is 10.1 Å². The van der Waals surface area contributed by atoms with E-state index in [1.807, 2.05) is 0 Å². The number of fused-ring (bicyclic) bond motifs is 1. The van der Waals surface area contributed by atoms with Gasteiger partial charge in [0.1, 0.15) is 17.6 Å². The van der Waals surface area contributed by atoms with Gasteiger partial charge in [0.05, 0.1) is 25.3 Å². The molecule has 3 amide bonds. The highest BCUT2D eigenvalue weighted by Crippen LogP contribution is 2.32. The lowest BCUT2D eigenvalue weighted by Crippen LogP contribution is -2.68. The summed E-state index contributed by atoms with van der Waals surface area (Å²) in [6.07, 6.45) is 3.13. The lowest BCUT2D eigenvalue weighted by Gasteiger charge is -2.48. The molecule has 0 bridgehead atoms. The normalized spacial score (nSPS) is 22.2. The third-order valence-electron chi connectivity index (χ3n) is 6.19. The number of halogens is 2. The van der Waals surface area contributed by atoms with Crippen LogP contribution in [0.25, 0.3) is 0 Å². The van der Waals surface area contributed by atoms with E-state index in [2.05, 4.69) is 10.6 Å². The lowest BCUT2D eigenvalue weighted by atomic mass is 9.84. The van der Waals surface area contributed by atoms with Crippen LogP contribution < -0.4 is 15.4 Å². The third-order valence-corrected chi connectivity index (χ3v) is 6.43. The molecule has 1 aliphatic carbocycles. The van der Waals surface area contributed by atoms with Gasteiger partial charge in [-0.1, -0.05) is 24.4 Å². The van der Waals surface area contributed by atoms with E-state index in [1.165, 1.54) is 36.3 Å². The number of benzene rings is 2. The Morgan fingerprint density at radius 2 is 1.91 bits per heavy atom. The largest absolute Gasteiger partial charge is 0.495 e. The van der Waals surface area contributed by atoms with Crippen LogP contribution >= 0.6 is 11.6 Å². The van der Waals surface area contributed by atoms with E-state index < -0.39 is 17.8 Å². The fourth-order valence-electron chi connectivity index (χ4n) is 4.63. The molecule has 2 aliphatic rings. The molecule has 9 heteroatoms. The molecule has 174 valence electrons. The molecule has 33 heavy (non-hydrogen) atoms. The third kappa shape index (κ3) is 4.95. The van der Waals surface area contributed by atoms with Crippen molar-refractivity contribution in [3.8, 4) is 5.75 Å². The van der Waals surface area contributed by atoms with E-state index in [0.29, 0.717) is 16.5 Å². The first kappa shape index (κ1) is 23.0. The number of methoxy groups -OCH3 is 1. The molecule has 7 nitrogen and oxygen atoms in total. The summed E-state index contributed by atoms with van der Waals surface area (Å²) in [7, 11) is 1.47. The van der Waals surface area contributed by atoms with Crippen molar-refractivity contribution < 1.29 is 23.5 Å². The van der Waals surface area contributed by atoms with Crippen LogP contribution in [0.15, 0.2) is 42.5 Å². The minimum Gasteiger partial charge on any atom is -0.495 e. The van der Waals surface area contributed by atoms with Crippen LogP contribution in [0.2, 0.25) is 5.02 Å². The second-order valence-electron chi connectivity index (χ2n) is 8.30. The minimum atomic E-state index is -0.993. The molecule has 3 atom stereocenters. The van der Waals surface area contributed by atoms with Gasteiger partial charge in [-0.3, -0.25) is 14.4 Å². The molecule has 1 saturated carbocycles. The van der Waals surface area contributed by atoms with Crippen LogP contribution in [-0.2, 0) is 9.59 Å². The van der Waals surface area contributed by atoms with Crippen molar-refractivity contribution in [2.24, 2.45) is 0 Å². The fourth-order valence-corrected chi connectivity index (χ4v) is 4.80. The first-order chi connectivity index (χ1) is 15.9. The number of carbonyl (C=O) groups is 3. The van der Waals surface area contributed by atoms with E-state index in [1.54, 1.807) is 18.2 Å². The zero-order valence-electron chi connectivity index (χ0n) is 18.1. The Bertz CT molecular complexity index is 1060. The molecule has 0 aromatic heterocycles. The van der Waals surface area contributed by atoms with Crippen LogP contribution in [0.3, 0.4) is 0 Å².